The van der Waals surface area contributed by atoms with E-state index in [4.69, 9.17) is 11.5 Å². The van der Waals surface area contributed by atoms with Crippen LogP contribution in [0.15, 0.2) is 42.5 Å². The Morgan fingerprint density at radius 2 is 1.83 bits per heavy atom. The molecule has 0 heterocycles. The average Bonchev–Trinajstić information content (AvgIpc) is 2.32. The van der Waals surface area contributed by atoms with E-state index in [1.807, 2.05) is 24.3 Å². The Bertz CT molecular complexity index is 599. The van der Waals surface area contributed by atoms with Crippen molar-refractivity contribution in [1.29, 1.82) is 0 Å². The molecule has 2 rings (SSSR count). The lowest BCUT2D eigenvalue weighted by molar-refractivity contribution is 0.100. The Labute approximate surface area is 119 Å². The number of halogens is 1. The molecule has 4 nitrogen and oxygen atoms in total. The van der Waals surface area contributed by atoms with Crippen LogP contribution in [0, 0.1) is 3.57 Å². The second-order valence-electron chi connectivity index (χ2n) is 3.77. The van der Waals surface area contributed by atoms with Crippen molar-refractivity contribution in [3.63, 3.8) is 0 Å². The summed E-state index contributed by atoms with van der Waals surface area (Å²) < 4.78 is 1.05. The lowest BCUT2D eigenvalue weighted by Crippen LogP contribution is -2.13. The van der Waals surface area contributed by atoms with Gasteiger partial charge in [0.15, 0.2) is 0 Å². The fourth-order valence-electron chi connectivity index (χ4n) is 1.59. The Morgan fingerprint density at radius 1 is 1.11 bits per heavy atom. The lowest BCUT2D eigenvalue weighted by atomic mass is 10.1. The standard InChI is InChI=1S/C13H12IN3O/c14-10-3-1-2-4-11(10)17-12-7-8(15)5-6-9(12)13(16)18/h1-7,17H,15H2,(H2,16,18). The van der Waals surface area contributed by atoms with Crippen LogP contribution in [0.1, 0.15) is 10.4 Å². The molecule has 0 spiro atoms. The predicted octanol–water partition coefficient (Wildman–Crippen LogP) is 2.72. The van der Waals surface area contributed by atoms with Gasteiger partial charge in [0.1, 0.15) is 0 Å². The fourth-order valence-corrected chi connectivity index (χ4v) is 2.11. The third-order valence-corrected chi connectivity index (χ3v) is 3.39. The van der Waals surface area contributed by atoms with Gasteiger partial charge in [0, 0.05) is 9.26 Å². The van der Waals surface area contributed by atoms with Crippen LogP contribution in [0.25, 0.3) is 0 Å². The monoisotopic (exact) mass is 353 g/mol. The molecule has 2 aromatic rings. The van der Waals surface area contributed by atoms with Crippen molar-refractivity contribution in [2.45, 2.75) is 0 Å². The lowest BCUT2D eigenvalue weighted by Gasteiger charge is -2.12. The Morgan fingerprint density at radius 3 is 2.50 bits per heavy atom. The molecule has 0 aromatic heterocycles. The maximum atomic E-state index is 11.3. The van der Waals surface area contributed by atoms with Crippen LogP contribution in [-0.4, -0.2) is 5.91 Å². The minimum atomic E-state index is -0.483. The molecule has 5 heteroatoms. The highest BCUT2D eigenvalue weighted by molar-refractivity contribution is 14.1. The zero-order valence-corrected chi connectivity index (χ0v) is 11.6. The smallest absolute Gasteiger partial charge is 0.250 e. The molecule has 0 unspecified atom stereocenters. The van der Waals surface area contributed by atoms with Gasteiger partial charge in [-0.25, -0.2) is 0 Å². The van der Waals surface area contributed by atoms with Crippen LogP contribution >= 0.6 is 22.6 Å². The van der Waals surface area contributed by atoms with Gasteiger partial charge in [0.25, 0.3) is 5.91 Å². The van der Waals surface area contributed by atoms with E-state index in [0.717, 1.165) is 9.26 Å². The fraction of sp³-hybridized carbons (Fsp3) is 0. The van der Waals surface area contributed by atoms with Crippen LogP contribution < -0.4 is 16.8 Å². The van der Waals surface area contributed by atoms with Gasteiger partial charge in [-0.3, -0.25) is 4.79 Å². The average molecular weight is 353 g/mol. The molecule has 0 aliphatic heterocycles. The molecule has 0 atom stereocenters. The van der Waals surface area contributed by atoms with Gasteiger partial charge in [0.05, 0.1) is 16.9 Å². The molecule has 0 aliphatic rings. The molecule has 5 N–H and O–H groups in total. The SMILES string of the molecule is NC(=O)c1ccc(N)cc1Nc1ccccc1I. The third-order valence-electron chi connectivity index (χ3n) is 2.45. The first kappa shape index (κ1) is 12.7. The van der Waals surface area contributed by atoms with Crippen LogP contribution in [-0.2, 0) is 0 Å². The quantitative estimate of drug-likeness (QED) is 0.586. The molecule has 0 saturated carbocycles. The van der Waals surface area contributed by atoms with E-state index in [-0.39, 0.29) is 0 Å². The molecular weight excluding hydrogens is 341 g/mol. The number of amides is 1. The Balaban J connectivity index is 2.42. The van der Waals surface area contributed by atoms with E-state index < -0.39 is 5.91 Å². The molecule has 0 saturated heterocycles. The van der Waals surface area contributed by atoms with Crippen molar-refractivity contribution in [3.05, 3.63) is 51.6 Å². The number of primary amides is 1. The minimum Gasteiger partial charge on any atom is -0.399 e. The highest BCUT2D eigenvalue weighted by Crippen LogP contribution is 2.26. The maximum absolute atomic E-state index is 11.3. The molecule has 1 amide bonds. The molecule has 0 bridgehead atoms. The van der Waals surface area contributed by atoms with Gasteiger partial charge in [-0.2, -0.15) is 0 Å². The van der Waals surface area contributed by atoms with E-state index in [1.54, 1.807) is 18.2 Å². The van der Waals surface area contributed by atoms with Crippen LogP contribution in [0.3, 0.4) is 0 Å². The van der Waals surface area contributed by atoms with Crippen molar-refractivity contribution < 1.29 is 4.79 Å². The number of nitrogen functional groups attached to an aromatic ring is 1. The van der Waals surface area contributed by atoms with Crippen LogP contribution in [0.2, 0.25) is 0 Å². The number of carbonyl (C=O) groups is 1. The highest BCUT2D eigenvalue weighted by Gasteiger charge is 2.09. The van der Waals surface area contributed by atoms with E-state index in [1.165, 1.54) is 0 Å². The Kier molecular flexibility index (Phi) is 3.71. The van der Waals surface area contributed by atoms with Gasteiger partial charge >= 0.3 is 0 Å². The van der Waals surface area contributed by atoms with Crippen LogP contribution in [0.5, 0.6) is 0 Å². The zero-order valence-electron chi connectivity index (χ0n) is 9.48. The molecular formula is C13H12IN3O. The summed E-state index contributed by atoms with van der Waals surface area (Å²) in [7, 11) is 0. The van der Waals surface area contributed by atoms with Crippen LogP contribution in [0.4, 0.5) is 17.1 Å². The topological polar surface area (TPSA) is 81.1 Å². The first-order valence-electron chi connectivity index (χ1n) is 5.29. The van der Waals surface area contributed by atoms with Gasteiger partial charge in [-0.15, -0.1) is 0 Å². The van der Waals surface area contributed by atoms with E-state index in [2.05, 4.69) is 27.9 Å². The first-order valence-corrected chi connectivity index (χ1v) is 6.36. The summed E-state index contributed by atoms with van der Waals surface area (Å²) in [5, 5.41) is 3.17. The first-order chi connectivity index (χ1) is 8.58. The summed E-state index contributed by atoms with van der Waals surface area (Å²) in [6.07, 6.45) is 0. The summed E-state index contributed by atoms with van der Waals surface area (Å²) >= 11 is 2.21. The van der Waals surface area contributed by atoms with Gasteiger partial charge in [-0.1, -0.05) is 12.1 Å². The summed E-state index contributed by atoms with van der Waals surface area (Å²) in [5.74, 6) is -0.483. The molecule has 18 heavy (non-hydrogen) atoms. The van der Waals surface area contributed by atoms with Crippen molar-refractivity contribution in [1.82, 2.24) is 0 Å². The number of carbonyl (C=O) groups excluding carboxylic acids is 1. The molecule has 92 valence electrons. The molecule has 0 fully saturated rings. The Hall–Kier alpha value is -1.76. The number of nitrogens with one attached hydrogen (secondary N) is 1. The minimum absolute atomic E-state index is 0.420. The number of benzene rings is 2. The summed E-state index contributed by atoms with van der Waals surface area (Å²) in [4.78, 5) is 11.3. The number of rotatable bonds is 3. The van der Waals surface area contributed by atoms with Crippen molar-refractivity contribution in [3.8, 4) is 0 Å². The number of hydrogen-bond donors (Lipinski definition) is 3. The second-order valence-corrected chi connectivity index (χ2v) is 4.94. The molecule has 0 aliphatic carbocycles. The summed E-state index contributed by atoms with van der Waals surface area (Å²) in [6.45, 7) is 0. The van der Waals surface area contributed by atoms with E-state index in [0.29, 0.717) is 16.9 Å². The van der Waals surface area contributed by atoms with E-state index >= 15 is 0 Å². The van der Waals surface area contributed by atoms with Gasteiger partial charge < -0.3 is 16.8 Å². The second kappa shape index (κ2) is 5.26. The van der Waals surface area contributed by atoms with Crippen molar-refractivity contribution in [2.24, 2.45) is 5.73 Å². The third kappa shape index (κ3) is 2.73. The van der Waals surface area contributed by atoms with Gasteiger partial charge in [0.2, 0.25) is 0 Å². The number of anilines is 3. The number of para-hydroxylation sites is 1. The van der Waals surface area contributed by atoms with Gasteiger partial charge in [-0.05, 0) is 52.9 Å². The van der Waals surface area contributed by atoms with E-state index in [9.17, 15) is 4.79 Å². The number of hydrogen-bond acceptors (Lipinski definition) is 3. The summed E-state index contributed by atoms with van der Waals surface area (Å²) in [5.41, 5.74) is 13.6. The largest absolute Gasteiger partial charge is 0.399 e. The summed E-state index contributed by atoms with van der Waals surface area (Å²) in [6, 6.07) is 12.7. The molecule has 0 radical (unpaired) electrons. The van der Waals surface area contributed by atoms with Crippen molar-refractivity contribution >= 4 is 45.6 Å². The molecule has 2 aromatic carbocycles. The zero-order chi connectivity index (χ0) is 13.1. The normalized spacial score (nSPS) is 10.1. The van der Waals surface area contributed by atoms with Crippen molar-refractivity contribution in [2.75, 3.05) is 11.1 Å². The maximum Gasteiger partial charge on any atom is 0.250 e. The predicted molar refractivity (Wildman–Crippen MR) is 81.8 cm³/mol. The highest BCUT2D eigenvalue weighted by atomic mass is 127. The number of nitrogens with two attached hydrogens (primary N) is 2.